The largest absolute Gasteiger partial charge is 0.494 e. The average molecular weight is 428 g/mol. The molecule has 0 radical (unpaired) electrons. The zero-order valence-electron chi connectivity index (χ0n) is 17.5. The fourth-order valence-electron chi connectivity index (χ4n) is 4.42. The summed E-state index contributed by atoms with van der Waals surface area (Å²) >= 11 is 0. The van der Waals surface area contributed by atoms with Gasteiger partial charge in [-0.05, 0) is 53.5 Å². The van der Waals surface area contributed by atoms with Gasteiger partial charge in [0, 0.05) is 11.1 Å². The van der Waals surface area contributed by atoms with Gasteiger partial charge in [0.15, 0.2) is 23.2 Å². The lowest BCUT2D eigenvalue weighted by Gasteiger charge is -2.27. The van der Waals surface area contributed by atoms with Gasteiger partial charge in [0.05, 0.1) is 7.11 Å². The molecule has 0 N–H and O–H groups in total. The van der Waals surface area contributed by atoms with Crippen molar-refractivity contribution in [2.45, 2.75) is 38.5 Å². The molecule has 0 aliphatic heterocycles. The highest BCUT2D eigenvalue weighted by atomic mass is 19.2. The zero-order valence-corrected chi connectivity index (χ0v) is 17.5. The van der Waals surface area contributed by atoms with Crippen LogP contribution < -0.4 is 4.74 Å². The van der Waals surface area contributed by atoms with Crippen molar-refractivity contribution in [1.82, 2.24) is 0 Å². The van der Waals surface area contributed by atoms with Crippen LogP contribution in [0.4, 0.5) is 17.6 Å². The van der Waals surface area contributed by atoms with E-state index >= 15 is 0 Å². The van der Waals surface area contributed by atoms with Crippen molar-refractivity contribution < 1.29 is 22.3 Å². The van der Waals surface area contributed by atoms with Crippen LogP contribution in [0.1, 0.15) is 44.1 Å². The lowest BCUT2D eigenvalue weighted by Crippen LogP contribution is -2.13. The number of methoxy groups -OCH3 is 1. The molecule has 4 rings (SSSR count). The predicted molar refractivity (Wildman–Crippen MR) is 114 cm³/mol. The normalized spacial score (nSPS) is 18.8. The summed E-state index contributed by atoms with van der Waals surface area (Å²) in [7, 11) is 1.26. The maximum atomic E-state index is 14.9. The highest BCUT2D eigenvalue weighted by molar-refractivity contribution is 5.71. The van der Waals surface area contributed by atoms with Crippen LogP contribution in [-0.2, 0) is 0 Å². The number of rotatable bonds is 4. The van der Waals surface area contributed by atoms with E-state index in [1.807, 2.05) is 0 Å². The molecule has 5 heteroatoms. The summed E-state index contributed by atoms with van der Waals surface area (Å²) in [5.74, 6) is -3.24. The van der Waals surface area contributed by atoms with Gasteiger partial charge in [0.2, 0.25) is 5.82 Å². The second kappa shape index (κ2) is 8.74. The van der Waals surface area contributed by atoms with E-state index in [-0.39, 0.29) is 22.8 Å². The molecule has 0 unspecified atom stereocenters. The number of benzene rings is 3. The van der Waals surface area contributed by atoms with E-state index < -0.39 is 23.3 Å². The van der Waals surface area contributed by atoms with Crippen LogP contribution in [0.2, 0.25) is 0 Å². The van der Waals surface area contributed by atoms with E-state index in [0.29, 0.717) is 22.6 Å². The van der Waals surface area contributed by atoms with Gasteiger partial charge in [0.25, 0.3) is 0 Å². The molecule has 31 heavy (non-hydrogen) atoms. The molecular formula is C26H24F4O. The minimum atomic E-state index is -1.06. The first-order valence-electron chi connectivity index (χ1n) is 10.5. The van der Waals surface area contributed by atoms with Crippen LogP contribution in [-0.4, -0.2) is 7.11 Å². The van der Waals surface area contributed by atoms with Gasteiger partial charge in [0.1, 0.15) is 0 Å². The molecule has 1 fully saturated rings. The Hall–Kier alpha value is -2.82. The van der Waals surface area contributed by atoms with Crippen LogP contribution >= 0.6 is 0 Å². The molecule has 0 bridgehead atoms. The molecule has 0 heterocycles. The standard InChI is InChI=1S/C26H24F4O/c1-15-3-5-16(6-4-15)19-11-12-20(24(28)23(19)27)17-7-9-18(10-8-17)21-13-14-22(31-2)26(30)25(21)29/h7-16H,3-6H2,1-2H3. The van der Waals surface area contributed by atoms with E-state index in [0.717, 1.165) is 25.7 Å². The molecule has 1 nitrogen and oxygen atoms in total. The Morgan fingerprint density at radius 2 is 1.16 bits per heavy atom. The van der Waals surface area contributed by atoms with Gasteiger partial charge in [-0.3, -0.25) is 0 Å². The van der Waals surface area contributed by atoms with Crippen molar-refractivity contribution in [3.05, 3.63) is 77.4 Å². The van der Waals surface area contributed by atoms with Gasteiger partial charge in [-0.15, -0.1) is 0 Å². The molecule has 162 valence electrons. The first kappa shape index (κ1) is 21.4. The van der Waals surface area contributed by atoms with Crippen molar-refractivity contribution in [3.63, 3.8) is 0 Å². The molecule has 0 spiro atoms. The number of ether oxygens (including phenoxy) is 1. The maximum absolute atomic E-state index is 14.9. The lowest BCUT2D eigenvalue weighted by atomic mass is 9.79. The fraction of sp³-hybridized carbons (Fsp3) is 0.308. The highest BCUT2D eigenvalue weighted by Gasteiger charge is 2.25. The molecule has 0 aromatic heterocycles. The van der Waals surface area contributed by atoms with Gasteiger partial charge >= 0.3 is 0 Å². The number of halogens is 4. The second-order valence-corrected chi connectivity index (χ2v) is 8.31. The van der Waals surface area contributed by atoms with Crippen LogP contribution in [0, 0.1) is 29.2 Å². The van der Waals surface area contributed by atoms with Gasteiger partial charge in [-0.1, -0.05) is 56.2 Å². The summed E-state index contributed by atoms with van der Waals surface area (Å²) in [5, 5.41) is 0. The Labute approximate surface area is 179 Å². The van der Waals surface area contributed by atoms with Crippen molar-refractivity contribution >= 4 is 0 Å². The van der Waals surface area contributed by atoms with Crippen molar-refractivity contribution in [1.29, 1.82) is 0 Å². The number of hydrogen-bond donors (Lipinski definition) is 0. The first-order valence-corrected chi connectivity index (χ1v) is 10.5. The maximum Gasteiger partial charge on any atom is 0.201 e. The van der Waals surface area contributed by atoms with E-state index in [1.165, 1.54) is 19.2 Å². The summed E-state index contributed by atoms with van der Waals surface area (Å²) in [6, 6.07) is 12.3. The van der Waals surface area contributed by atoms with E-state index in [2.05, 4.69) is 6.92 Å². The summed E-state index contributed by atoms with van der Waals surface area (Å²) in [6.07, 6.45) is 3.79. The van der Waals surface area contributed by atoms with Crippen LogP contribution in [0.25, 0.3) is 22.3 Å². The van der Waals surface area contributed by atoms with Crippen LogP contribution in [0.5, 0.6) is 5.75 Å². The molecule has 3 aromatic rings. The molecule has 1 aliphatic rings. The van der Waals surface area contributed by atoms with E-state index in [1.54, 1.807) is 36.4 Å². The van der Waals surface area contributed by atoms with Gasteiger partial charge in [-0.2, -0.15) is 4.39 Å². The summed E-state index contributed by atoms with van der Waals surface area (Å²) in [6.45, 7) is 2.19. The Kier molecular flexibility index (Phi) is 6.03. The monoisotopic (exact) mass is 428 g/mol. The van der Waals surface area contributed by atoms with Gasteiger partial charge in [-0.25, -0.2) is 13.2 Å². The second-order valence-electron chi connectivity index (χ2n) is 8.31. The third kappa shape index (κ3) is 4.06. The third-order valence-corrected chi connectivity index (χ3v) is 6.34. The predicted octanol–water partition coefficient (Wildman–Crippen LogP) is 7.88. The Morgan fingerprint density at radius 1 is 0.645 bits per heavy atom. The molecule has 1 aliphatic carbocycles. The van der Waals surface area contributed by atoms with Crippen molar-refractivity contribution in [3.8, 4) is 28.0 Å². The highest BCUT2D eigenvalue weighted by Crippen LogP contribution is 2.39. The zero-order chi connectivity index (χ0) is 22.1. The summed E-state index contributed by atoms with van der Waals surface area (Å²) in [5.41, 5.74) is 1.56. The van der Waals surface area contributed by atoms with Crippen LogP contribution in [0.3, 0.4) is 0 Å². The van der Waals surface area contributed by atoms with E-state index in [9.17, 15) is 17.6 Å². The summed E-state index contributed by atoms with van der Waals surface area (Å²) in [4.78, 5) is 0. The minimum absolute atomic E-state index is 0.0510. The Bertz CT molecular complexity index is 1080. The third-order valence-electron chi connectivity index (χ3n) is 6.34. The minimum Gasteiger partial charge on any atom is -0.494 e. The smallest absolute Gasteiger partial charge is 0.201 e. The fourth-order valence-corrected chi connectivity index (χ4v) is 4.42. The Balaban J connectivity index is 1.63. The quantitative estimate of drug-likeness (QED) is 0.384. The summed E-state index contributed by atoms with van der Waals surface area (Å²) < 4.78 is 62.9. The molecule has 0 saturated heterocycles. The Morgan fingerprint density at radius 3 is 1.71 bits per heavy atom. The van der Waals surface area contributed by atoms with Crippen LogP contribution in [0.15, 0.2) is 48.5 Å². The molecular weight excluding hydrogens is 404 g/mol. The van der Waals surface area contributed by atoms with E-state index in [4.69, 9.17) is 4.74 Å². The number of hydrogen-bond acceptors (Lipinski definition) is 1. The molecule has 0 amide bonds. The van der Waals surface area contributed by atoms with Gasteiger partial charge < -0.3 is 4.74 Å². The van der Waals surface area contributed by atoms with Crippen molar-refractivity contribution in [2.75, 3.05) is 7.11 Å². The molecule has 1 saturated carbocycles. The molecule has 3 aromatic carbocycles. The topological polar surface area (TPSA) is 9.23 Å². The first-order chi connectivity index (χ1) is 14.9. The van der Waals surface area contributed by atoms with Crippen molar-refractivity contribution in [2.24, 2.45) is 5.92 Å². The lowest BCUT2D eigenvalue weighted by molar-refractivity contribution is 0.339. The SMILES string of the molecule is COc1ccc(-c2ccc(-c3ccc(C4CCC(C)CC4)c(F)c3F)cc2)c(F)c1F. The average Bonchev–Trinajstić information content (AvgIpc) is 2.78. The molecule has 0 atom stereocenters.